The number of phosphoric acid groups is 12. The van der Waals surface area contributed by atoms with Crippen LogP contribution < -0.4 is 0 Å². The minimum atomic E-state index is -8.28. The SMILES string of the molecule is O=P(O)(O)OP(=O)(O)OP(=O)(O)OP(=O)(O)OP(=O)(O)OP(=O)(O)OP(=O)(OP(=O)(O)OP(=O)(O)OP(=O)(O)OP(=O)(O)O)OP(=O)(OC1(O)[C@H](O)[C@H](O)C(O)[C@H](O)[C@H]1O)OC1(O)[C@H](O)[C@H](O)C(O)[C@H](O)[C@H]1O. The highest BCUT2D eigenvalue weighted by atomic mass is 31.3. The van der Waals surface area contributed by atoms with Crippen molar-refractivity contribution in [2.45, 2.75) is 72.6 Å². The lowest BCUT2D eigenvalue weighted by Gasteiger charge is -2.49. The van der Waals surface area contributed by atoms with Crippen LogP contribution in [0.4, 0.5) is 0 Å². The molecule has 0 aromatic heterocycles. The Balaban J connectivity index is 2.90. The highest BCUT2D eigenvalue weighted by Gasteiger charge is 2.68. The van der Waals surface area contributed by atoms with Crippen LogP contribution in [-0.2, 0) is 111 Å². The minimum Gasteiger partial charge on any atom is -0.387 e. The van der Waals surface area contributed by atoms with Gasteiger partial charge in [-0.05, 0) is 0 Å². The Labute approximate surface area is 397 Å². The Morgan fingerprint density at radius 3 is 0.616 bits per heavy atom. The van der Waals surface area contributed by atoms with E-state index >= 15 is 0 Å². The van der Waals surface area contributed by atoms with E-state index in [2.05, 4.69) is 56.5 Å². The first-order valence-electron chi connectivity index (χ1n) is 16.2. The van der Waals surface area contributed by atoms with E-state index in [9.17, 15) is 150 Å². The molecule has 0 spiro atoms. The lowest BCUT2D eigenvalue weighted by molar-refractivity contribution is -0.354. The molecular weight excluding hydrogens is 1300 g/mol. The highest BCUT2D eigenvalue weighted by molar-refractivity contribution is 7.76. The van der Waals surface area contributed by atoms with Gasteiger partial charge in [-0.1, -0.05) is 0 Å². The summed E-state index contributed by atoms with van der Waals surface area (Å²) in [6.45, 7) is 0. The van der Waals surface area contributed by atoms with Crippen LogP contribution in [0.3, 0.4) is 0 Å². The summed E-state index contributed by atoms with van der Waals surface area (Å²) in [5.74, 6) is -9.66. The maximum Gasteiger partial charge on any atom is 0.501 e. The molecule has 0 heterocycles. The van der Waals surface area contributed by atoms with Gasteiger partial charge in [0.1, 0.15) is 61.0 Å². The topological polar surface area (TPSA) is 810 Å². The molecular formula is C12H34O49P12. The van der Waals surface area contributed by atoms with E-state index < -0.39 is 166 Å². The number of hydrogen-bond acceptors (Lipinski definition) is 37. The molecule has 0 aromatic rings. The fourth-order valence-electron chi connectivity index (χ4n) is 4.70. The molecule has 0 saturated heterocycles. The van der Waals surface area contributed by atoms with Crippen LogP contribution in [0, 0.1) is 0 Å². The summed E-state index contributed by atoms with van der Waals surface area (Å²) in [5, 5.41) is 124. The van der Waals surface area contributed by atoms with Crippen molar-refractivity contribution in [3.05, 3.63) is 0 Å². The molecule has 73 heavy (non-hydrogen) atoms. The predicted molar refractivity (Wildman–Crippen MR) is 202 cm³/mol. The van der Waals surface area contributed by atoms with Crippen LogP contribution in [0.1, 0.15) is 0 Å². The minimum absolute atomic E-state index is 2.88. The van der Waals surface area contributed by atoms with Gasteiger partial charge < -0.3 is 120 Å². The molecule has 0 bridgehead atoms. The molecule has 0 aromatic carbocycles. The van der Waals surface area contributed by atoms with Crippen molar-refractivity contribution in [2.24, 2.45) is 0 Å². The van der Waals surface area contributed by atoms with E-state index in [1.165, 1.54) is 0 Å². The fourth-order valence-corrected chi connectivity index (χ4v) is 21.8. The Bertz CT molecular complexity index is 2530. The van der Waals surface area contributed by atoms with Crippen molar-refractivity contribution in [1.82, 2.24) is 0 Å². The standard InChI is InChI=1S/C12H34O49P12/c13-1-3(15)7(19)11(23,8(20)4(1)16)49-72(47,50-12(24)9(21)5(17)2(14)6(18)10(12)22)61-73(48,59-70(43,44)57-67(37,38)54-65(33,34)52-63(28,29)30)60-71(45,46)58-69(41,42)56-68(39,40)55-66(35,36)53-64(31,32)51-62(25,26)27/h1-10,13-24H,(H,31,32)(H,33,34)(H,35,36)(H,37,38)(H,39,40)(H,41,42)(H,43,44)(H,45,46)(H2,25,26,27)(H2,28,29,30)/t1?,2?,3-,4+,5-,6+,7-,8-,9-,10-,11?,12?,72?,73?/m1/s1. The summed E-state index contributed by atoms with van der Waals surface area (Å²) < 4.78 is 193. The summed E-state index contributed by atoms with van der Waals surface area (Å²) >= 11 is 0. The third kappa shape index (κ3) is 20.3. The molecule has 13 unspecified atom stereocenters. The van der Waals surface area contributed by atoms with Gasteiger partial charge >= 0.3 is 93.9 Å². The Morgan fingerprint density at radius 2 is 0.425 bits per heavy atom. The number of rotatable bonds is 26. The lowest BCUT2D eigenvalue weighted by Crippen LogP contribution is -2.72. The largest absolute Gasteiger partial charge is 0.501 e. The first-order chi connectivity index (χ1) is 31.8. The van der Waals surface area contributed by atoms with Crippen LogP contribution in [-0.4, -0.2) is 193 Å². The van der Waals surface area contributed by atoms with Crippen molar-refractivity contribution in [3.8, 4) is 0 Å². The predicted octanol–water partition coefficient (Wildman–Crippen LogP) is -6.58. The number of aliphatic hydroxyl groups is 12. The van der Waals surface area contributed by atoms with Crippen molar-refractivity contribution in [3.63, 3.8) is 0 Å². The van der Waals surface area contributed by atoms with Gasteiger partial charge in [-0.25, -0.2) is 63.8 Å². The van der Waals surface area contributed by atoms with E-state index in [-0.39, 0.29) is 0 Å². The molecule has 2 aliphatic rings. The van der Waals surface area contributed by atoms with Gasteiger partial charge in [0.05, 0.1) is 0 Å². The fraction of sp³-hybridized carbons (Fsp3) is 1.00. The first kappa shape index (κ1) is 70.4. The van der Waals surface area contributed by atoms with Crippen molar-refractivity contribution in [2.75, 3.05) is 0 Å². The molecule has 436 valence electrons. The van der Waals surface area contributed by atoms with Crippen molar-refractivity contribution < 1.29 is 231 Å². The molecule has 49 nitrogen and oxygen atoms in total. The molecule has 2 aliphatic carbocycles. The summed E-state index contributed by atoms with van der Waals surface area (Å²) in [6, 6.07) is 0. The van der Waals surface area contributed by atoms with E-state index in [0.29, 0.717) is 0 Å². The van der Waals surface area contributed by atoms with E-state index in [0.717, 1.165) is 0 Å². The lowest BCUT2D eigenvalue weighted by atomic mass is 9.82. The molecule has 2 rings (SSSR count). The monoisotopic (exact) mass is 1330 g/mol. The van der Waals surface area contributed by atoms with E-state index in [4.69, 9.17) is 24.5 Å². The second kappa shape index (κ2) is 23.3. The first-order valence-corrected chi connectivity index (χ1v) is 34.2. The molecule has 21 atom stereocenters. The van der Waals surface area contributed by atoms with E-state index in [1.807, 2.05) is 0 Å². The maximum absolute atomic E-state index is 14.4. The summed E-state index contributed by atoms with van der Waals surface area (Å²) in [5.41, 5.74) is 0. The number of hydrogen-bond donors (Lipinski definition) is 24. The molecule has 0 amide bonds. The van der Waals surface area contributed by atoms with Crippen molar-refractivity contribution >= 4 is 93.9 Å². The molecule has 0 aliphatic heterocycles. The van der Waals surface area contributed by atoms with Crippen LogP contribution in [0.15, 0.2) is 0 Å². The summed E-state index contributed by atoms with van der Waals surface area (Å²) in [4.78, 5) is 112. The average molecular weight is 1330 g/mol. The van der Waals surface area contributed by atoms with Gasteiger partial charge in [-0.2, -0.15) is 47.4 Å². The Kier molecular flexibility index (Phi) is 22.4. The highest BCUT2D eigenvalue weighted by Crippen LogP contribution is 2.83. The van der Waals surface area contributed by atoms with Gasteiger partial charge in [-0.3, -0.25) is 0 Å². The maximum atomic E-state index is 14.4. The third-order valence-corrected chi connectivity index (χ3v) is 26.3. The molecule has 24 N–H and O–H groups in total. The van der Waals surface area contributed by atoms with Crippen LogP contribution in [0.5, 0.6) is 0 Å². The zero-order valence-corrected chi connectivity index (χ0v) is 43.8. The van der Waals surface area contributed by atoms with Crippen molar-refractivity contribution in [1.29, 1.82) is 0 Å². The van der Waals surface area contributed by atoms with E-state index in [1.54, 1.807) is 0 Å². The molecule has 2 fully saturated rings. The second-order valence-electron chi connectivity index (χ2n) is 12.9. The van der Waals surface area contributed by atoms with Gasteiger partial charge in [0.15, 0.2) is 0 Å². The zero-order valence-electron chi connectivity index (χ0n) is 33.1. The number of phosphoric ester groups is 1. The number of aliphatic hydroxyl groups excluding tert-OH is 10. The zero-order chi connectivity index (χ0) is 58.0. The van der Waals surface area contributed by atoms with Gasteiger partial charge in [0.2, 0.25) is 11.6 Å². The third-order valence-electron chi connectivity index (χ3n) is 7.17. The summed E-state index contributed by atoms with van der Waals surface area (Å²) in [6.07, 6.45) is -33.1. The van der Waals surface area contributed by atoms with Crippen LogP contribution >= 0.6 is 93.9 Å². The Morgan fingerprint density at radius 1 is 0.247 bits per heavy atom. The molecule has 0 radical (unpaired) electrons. The van der Waals surface area contributed by atoms with Crippen LogP contribution in [0.2, 0.25) is 0 Å². The average Bonchev–Trinajstić information content (AvgIpc) is 3.07. The van der Waals surface area contributed by atoms with Gasteiger partial charge in [0.25, 0.3) is 0 Å². The molecule has 61 heteroatoms. The normalized spacial score (nSPS) is 38.0. The smallest absolute Gasteiger partial charge is 0.387 e. The van der Waals surface area contributed by atoms with Gasteiger partial charge in [-0.15, -0.1) is 0 Å². The van der Waals surface area contributed by atoms with Gasteiger partial charge in [0, 0.05) is 0 Å². The Hall–Kier alpha value is 1.28. The van der Waals surface area contributed by atoms with Crippen LogP contribution in [0.25, 0.3) is 0 Å². The molecule has 2 saturated carbocycles. The quantitative estimate of drug-likeness (QED) is 0.0283. The second-order valence-corrected chi connectivity index (χ2v) is 31.7. The summed E-state index contributed by atoms with van der Waals surface area (Å²) in [7, 11) is -86.9.